The van der Waals surface area contributed by atoms with Gasteiger partial charge in [-0.25, -0.2) is 4.98 Å². The molecule has 32 heavy (non-hydrogen) atoms. The summed E-state index contributed by atoms with van der Waals surface area (Å²) in [6, 6.07) is 9.90. The van der Waals surface area contributed by atoms with Gasteiger partial charge in [0.05, 0.1) is 18.7 Å². The normalized spacial score (nSPS) is 15.8. The van der Waals surface area contributed by atoms with Crippen LogP contribution in [0.3, 0.4) is 0 Å². The number of carbonyl (C=O) groups excluding carboxylic acids is 3. The van der Waals surface area contributed by atoms with Gasteiger partial charge in [-0.05, 0) is 31.7 Å². The summed E-state index contributed by atoms with van der Waals surface area (Å²) in [4.78, 5) is 49.4. The van der Waals surface area contributed by atoms with Crippen LogP contribution in [-0.4, -0.2) is 70.3 Å². The SMILES string of the molecule is CCOC(=O)C1CCCN(C(=O)CCN(CCc2ccccc2)C(=O)c2cnccn2)C1. The highest BCUT2D eigenvalue weighted by atomic mass is 16.5. The van der Waals surface area contributed by atoms with Crippen molar-refractivity contribution in [3.63, 3.8) is 0 Å². The van der Waals surface area contributed by atoms with Crippen LogP contribution in [0, 0.1) is 5.92 Å². The average Bonchev–Trinajstić information content (AvgIpc) is 2.85. The molecule has 0 radical (unpaired) electrons. The molecule has 2 amide bonds. The summed E-state index contributed by atoms with van der Waals surface area (Å²) in [5, 5.41) is 0. The Bertz CT molecular complexity index is 891. The maximum absolute atomic E-state index is 13.0. The minimum Gasteiger partial charge on any atom is -0.466 e. The molecule has 1 aliphatic rings. The van der Waals surface area contributed by atoms with E-state index in [2.05, 4.69) is 9.97 Å². The van der Waals surface area contributed by atoms with Crippen LogP contribution < -0.4 is 0 Å². The molecule has 1 aromatic heterocycles. The Hall–Kier alpha value is -3.29. The Morgan fingerprint density at radius 2 is 1.97 bits per heavy atom. The minimum atomic E-state index is -0.275. The van der Waals surface area contributed by atoms with Crippen LogP contribution in [0.25, 0.3) is 0 Å². The third-order valence-electron chi connectivity index (χ3n) is 5.57. The topological polar surface area (TPSA) is 92.7 Å². The molecular formula is C24H30N4O4. The molecule has 8 heteroatoms. The maximum atomic E-state index is 13.0. The molecule has 8 nitrogen and oxygen atoms in total. The van der Waals surface area contributed by atoms with Crippen LogP contribution in [0.15, 0.2) is 48.9 Å². The lowest BCUT2D eigenvalue weighted by Gasteiger charge is -2.32. The summed E-state index contributed by atoms with van der Waals surface area (Å²) < 4.78 is 5.12. The molecule has 1 aromatic carbocycles. The van der Waals surface area contributed by atoms with Crippen LogP contribution in [0.1, 0.15) is 42.2 Å². The first-order chi connectivity index (χ1) is 15.6. The van der Waals surface area contributed by atoms with E-state index < -0.39 is 0 Å². The Kier molecular flexibility index (Phi) is 8.71. The van der Waals surface area contributed by atoms with E-state index in [9.17, 15) is 14.4 Å². The fraction of sp³-hybridized carbons (Fsp3) is 0.458. The van der Waals surface area contributed by atoms with Gasteiger partial charge in [0.1, 0.15) is 5.69 Å². The molecule has 1 unspecified atom stereocenters. The van der Waals surface area contributed by atoms with Crippen LogP contribution in [0.4, 0.5) is 0 Å². The van der Waals surface area contributed by atoms with Gasteiger partial charge in [0.15, 0.2) is 0 Å². The molecule has 3 rings (SSSR count). The van der Waals surface area contributed by atoms with E-state index in [-0.39, 0.29) is 42.4 Å². The second-order valence-electron chi connectivity index (χ2n) is 7.80. The molecule has 0 bridgehead atoms. The van der Waals surface area contributed by atoms with E-state index in [1.165, 1.54) is 18.6 Å². The molecule has 1 saturated heterocycles. The molecule has 2 aromatic rings. The Morgan fingerprint density at radius 1 is 1.16 bits per heavy atom. The second-order valence-corrected chi connectivity index (χ2v) is 7.80. The van der Waals surface area contributed by atoms with Crippen molar-refractivity contribution in [2.45, 2.75) is 32.6 Å². The lowest BCUT2D eigenvalue weighted by Crippen LogP contribution is -2.44. The molecule has 0 saturated carbocycles. The standard InChI is InChI=1S/C24H30N4O4/c1-2-32-24(31)20-9-6-14-28(18-20)22(29)11-16-27(15-10-19-7-4-3-5-8-19)23(30)21-17-25-12-13-26-21/h3-5,7-8,12-13,17,20H,2,6,9-11,14-16,18H2,1H3. The van der Waals surface area contributed by atoms with Crippen molar-refractivity contribution < 1.29 is 19.1 Å². The molecule has 0 N–H and O–H groups in total. The smallest absolute Gasteiger partial charge is 0.310 e. The van der Waals surface area contributed by atoms with Gasteiger partial charge in [0, 0.05) is 45.0 Å². The first-order valence-electron chi connectivity index (χ1n) is 11.1. The number of nitrogens with zero attached hydrogens (tertiary/aromatic N) is 4. The fourth-order valence-electron chi connectivity index (χ4n) is 3.84. The Labute approximate surface area is 188 Å². The predicted molar refractivity (Wildman–Crippen MR) is 119 cm³/mol. The number of ether oxygens (including phenoxy) is 1. The second kappa shape index (κ2) is 11.9. The third-order valence-corrected chi connectivity index (χ3v) is 5.57. The van der Waals surface area contributed by atoms with Crippen LogP contribution in [0.5, 0.6) is 0 Å². The highest BCUT2D eigenvalue weighted by molar-refractivity contribution is 5.92. The first-order valence-corrected chi connectivity index (χ1v) is 11.1. The highest BCUT2D eigenvalue weighted by Crippen LogP contribution is 2.19. The zero-order valence-electron chi connectivity index (χ0n) is 18.5. The maximum Gasteiger partial charge on any atom is 0.310 e. The predicted octanol–water partition coefficient (Wildman–Crippen LogP) is 2.35. The molecule has 1 aliphatic heterocycles. The monoisotopic (exact) mass is 438 g/mol. The zero-order valence-corrected chi connectivity index (χ0v) is 18.5. The van der Waals surface area contributed by atoms with Crippen molar-refractivity contribution in [2.75, 3.05) is 32.8 Å². The van der Waals surface area contributed by atoms with Crippen molar-refractivity contribution in [1.82, 2.24) is 19.8 Å². The molecule has 0 spiro atoms. The molecule has 170 valence electrons. The molecule has 1 atom stereocenters. The van der Waals surface area contributed by atoms with E-state index in [0.717, 1.165) is 18.4 Å². The number of benzene rings is 1. The van der Waals surface area contributed by atoms with E-state index in [0.29, 0.717) is 32.7 Å². The Balaban J connectivity index is 1.61. The number of amides is 2. The van der Waals surface area contributed by atoms with Crippen molar-refractivity contribution in [3.05, 3.63) is 60.2 Å². The van der Waals surface area contributed by atoms with Crippen LogP contribution in [0.2, 0.25) is 0 Å². The van der Waals surface area contributed by atoms with Gasteiger partial charge in [-0.3, -0.25) is 19.4 Å². The summed E-state index contributed by atoms with van der Waals surface area (Å²) >= 11 is 0. The summed E-state index contributed by atoms with van der Waals surface area (Å²) in [7, 11) is 0. The molecule has 2 heterocycles. The molecular weight excluding hydrogens is 408 g/mol. The number of carbonyl (C=O) groups is 3. The zero-order chi connectivity index (χ0) is 22.8. The van der Waals surface area contributed by atoms with Crippen molar-refractivity contribution >= 4 is 17.8 Å². The summed E-state index contributed by atoms with van der Waals surface area (Å²) in [6.07, 6.45) is 6.81. The number of aromatic nitrogens is 2. The number of likely N-dealkylation sites (tertiary alicyclic amines) is 1. The van der Waals surface area contributed by atoms with Gasteiger partial charge in [-0.2, -0.15) is 0 Å². The molecule has 0 aliphatic carbocycles. The van der Waals surface area contributed by atoms with E-state index in [1.807, 2.05) is 30.3 Å². The fourth-order valence-corrected chi connectivity index (χ4v) is 3.84. The number of hydrogen-bond donors (Lipinski definition) is 0. The summed E-state index contributed by atoms with van der Waals surface area (Å²) in [5.74, 6) is -0.823. The van der Waals surface area contributed by atoms with Gasteiger partial charge in [0.25, 0.3) is 5.91 Å². The number of piperidine rings is 1. The van der Waals surface area contributed by atoms with E-state index in [4.69, 9.17) is 4.74 Å². The average molecular weight is 439 g/mol. The van der Waals surface area contributed by atoms with Gasteiger partial charge in [-0.1, -0.05) is 30.3 Å². The highest BCUT2D eigenvalue weighted by Gasteiger charge is 2.29. The van der Waals surface area contributed by atoms with E-state index in [1.54, 1.807) is 16.7 Å². The van der Waals surface area contributed by atoms with Gasteiger partial charge < -0.3 is 14.5 Å². The summed E-state index contributed by atoms with van der Waals surface area (Å²) in [6.45, 7) is 3.86. The van der Waals surface area contributed by atoms with Gasteiger partial charge in [0.2, 0.25) is 5.91 Å². The quantitative estimate of drug-likeness (QED) is 0.558. The van der Waals surface area contributed by atoms with Gasteiger partial charge >= 0.3 is 5.97 Å². The van der Waals surface area contributed by atoms with Crippen molar-refractivity contribution in [3.8, 4) is 0 Å². The largest absolute Gasteiger partial charge is 0.466 e. The van der Waals surface area contributed by atoms with Crippen molar-refractivity contribution in [1.29, 1.82) is 0 Å². The number of rotatable bonds is 9. The lowest BCUT2D eigenvalue weighted by molar-refractivity contribution is -0.151. The minimum absolute atomic E-state index is 0.0596. The van der Waals surface area contributed by atoms with Crippen molar-refractivity contribution in [2.24, 2.45) is 5.92 Å². The lowest BCUT2D eigenvalue weighted by atomic mass is 9.98. The Morgan fingerprint density at radius 3 is 2.69 bits per heavy atom. The van der Waals surface area contributed by atoms with Crippen LogP contribution >= 0.6 is 0 Å². The van der Waals surface area contributed by atoms with Crippen LogP contribution in [-0.2, 0) is 20.7 Å². The first kappa shape index (κ1) is 23.4. The number of hydrogen-bond acceptors (Lipinski definition) is 6. The summed E-state index contributed by atoms with van der Waals surface area (Å²) in [5.41, 5.74) is 1.37. The molecule has 1 fully saturated rings. The number of esters is 1. The van der Waals surface area contributed by atoms with Gasteiger partial charge in [-0.15, -0.1) is 0 Å². The van der Waals surface area contributed by atoms with E-state index >= 15 is 0 Å². The third kappa shape index (κ3) is 6.60.